The highest BCUT2D eigenvalue weighted by Gasteiger charge is 2.19. The van der Waals surface area contributed by atoms with Crippen LogP contribution in [0.2, 0.25) is 0 Å². The highest BCUT2D eigenvalue weighted by Crippen LogP contribution is 2.15. The lowest BCUT2D eigenvalue weighted by Gasteiger charge is -2.30. The van der Waals surface area contributed by atoms with Gasteiger partial charge in [0.15, 0.2) is 5.11 Å². The molecule has 0 aliphatic carbocycles. The number of rotatable bonds is 8. The molecule has 2 saturated heterocycles. The molecule has 1 atom stereocenters. The Hall–Kier alpha value is -2.00. The SMILES string of the molecule is Cc1ccc2cc(CN(CCCN3CCOCC3)C(=S)NCC3CCCO3)c(=O)[nH]c2c1. The number of hydrogen-bond acceptors (Lipinski definition) is 5. The van der Waals surface area contributed by atoms with Crippen LogP contribution < -0.4 is 10.9 Å². The number of thiocarbonyl (C=S) groups is 1. The van der Waals surface area contributed by atoms with Gasteiger partial charge in [-0.05, 0) is 61.5 Å². The van der Waals surface area contributed by atoms with E-state index in [1.54, 1.807) is 0 Å². The zero-order valence-corrected chi connectivity index (χ0v) is 19.7. The molecular weight excluding hydrogens is 424 g/mol. The standard InChI is InChI=1S/C24H34N4O3S/c1-18-5-6-19-15-20(23(29)26-22(19)14-18)17-28(8-3-7-27-9-12-30-13-10-27)24(32)25-16-21-4-2-11-31-21/h5-6,14-15,21H,2-4,7-13,16-17H2,1H3,(H,25,32)(H,26,29). The molecule has 2 aliphatic heterocycles. The Labute approximate surface area is 195 Å². The van der Waals surface area contributed by atoms with Crippen LogP contribution in [0.1, 0.15) is 30.4 Å². The fourth-order valence-corrected chi connectivity index (χ4v) is 4.60. The molecule has 0 bridgehead atoms. The van der Waals surface area contributed by atoms with E-state index in [2.05, 4.69) is 32.2 Å². The Bertz CT molecular complexity index is 967. The van der Waals surface area contributed by atoms with E-state index in [4.69, 9.17) is 21.7 Å². The number of benzene rings is 1. The Morgan fingerprint density at radius 2 is 2.12 bits per heavy atom. The average molecular weight is 459 g/mol. The van der Waals surface area contributed by atoms with E-state index in [1.807, 2.05) is 19.1 Å². The molecule has 0 spiro atoms. The molecule has 2 aromatic rings. The largest absolute Gasteiger partial charge is 0.379 e. The molecule has 1 aromatic carbocycles. The second-order valence-corrected chi connectivity index (χ2v) is 9.15. The van der Waals surface area contributed by atoms with Crippen molar-refractivity contribution >= 4 is 28.2 Å². The summed E-state index contributed by atoms with van der Waals surface area (Å²) >= 11 is 5.75. The van der Waals surface area contributed by atoms with Crippen molar-refractivity contribution in [3.8, 4) is 0 Å². The highest BCUT2D eigenvalue weighted by molar-refractivity contribution is 7.80. The summed E-state index contributed by atoms with van der Waals surface area (Å²) < 4.78 is 11.2. The molecule has 1 unspecified atom stereocenters. The lowest BCUT2D eigenvalue weighted by Crippen LogP contribution is -2.44. The van der Waals surface area contributed by atoms with Crippen molar-refractivity contribution in [1.82, 2.24) is 20.1 Å². The number of nitrogens with zero attached hydrogens (tertiary/aromatic N) is 2. The molecule has 2 fully saturated rings. The van der Waals surface area contributed by atoms with E-state index in [0.717, 1.165) is 87.3 Å². The lowest BCUT2D eigenvalue weighted by molar-refractivity contribution is 0.0367. The Morgan fingerprint density at radius 1 is 1.28 bits per heavy atom. The zero-order valence-electron chi connectivity index (χ0n) is 18.9. The molecule has 3 heterocycles. The molecule has 0 saturated carbocycles. The van der Waals surface area contributed by atoms with Crippen LogP contribution >= 0.6 is 12.2 Å². The summed E-state index contributed by atoms with van der Waals surface area (Å²) in [5.41, 5.74) is 2.68. The second-order valence-electron chi connectivity index (χ2n) is 8.76. The summed E-state index contributed by atoms with van der Waals surface area (Å²) in [6.45, 7) is 9.41. The van der Waals surface area contributed by atoms with Crippen LogP contribution in [0.25, 0.3) is 10.9 Å². The molecule has 0 radical (unpaired) electrons. The number of morpholine rings is 1. The maximum atomic E-state index is 12.8. The summed E-state index contributed by atoms with van der Waals surface area (Å²) in [6.07, 6.45) is 3.37. The Balaban J connectivity index is 1.43. The van der Waals surface area contributed by atoms with E-state index in [1.165, 1.54) is 0 Å². The number of nitrogens with one attached hydrogen (secondary N) is 2. The van der Waals surface area contributed by atoms with Crippen molar-refractivity contribution in [2.24, 2.45) is 0 Å². The van der Waals surface area contributed by atoms with Gasteiger partial charge in [-0.2, -0.15) is 0 Å². The maximum Gasteiger partial charge on any atom is 0.253 e. The second kappa shape index (κ2) is 11.2. The van der Waals surface area contributed by atoms with Gasteiger partial charge in [0.2, 0.25) is 0 Å². The van der Waals surface area contributed by atoms with Gasteiger partial charge in [0.25, 0.3) is 5.56 Å². The van der Waals surface area contributed by atoms with Crippen LogP contribution in [0.4, 0.5) is 0 Å². The molecule has 4 rings (SSSR count). The molecular formula is C24H34N4O3S. The van der Waals surface area contributed by atoms with Crippen LogP contribution in [0.5, 0.6) is 0 Å². The van der Waals surface area contributed by atoms with Gasteiger partial charge in [-0.3, -0.25) is 9.69 Å². The van der Waals surface area contributed by atoms with E-state index in [0.29, 0.717) is 18.2 Å². The Kier molecular flexibility index (Phi) is 8.13. The number of fused-ring (bicyclic) bond motifs is 1. The zero-order chi connectivity index (χ0) is 22.3. The minimum atomic E-state index is -0.0526. The van der Waals surface area contributed by atoms with E-state index in [9.17, 15) is 4.79 Å². The molecule has 7 nitrogen and oxygen atoms in total. The smallest absolute Gasteiger partial charge is 0.253 e. The number of H-pyrrole nitrogens is 1. The third-order valence-electron chi connectivity index (χ3n) is 6.24. The minimum absolute atomic E-state index is 0.0526. The molecule has 2 N–H and O–H groups in total. The van der Waals surface area contributed by atoms with Crippen molar-refractivity contribution in [3.05, 3.63) is 45.7 Å². The van der Waals surface area contributed by atoms with Crippen LogP contribution in [0.15, 0.2) is 29.1 Å². The molecule has 2 aliphatic rings. The summed E-state index contributed by atoms with van der Waals surface area (Å²) in [5.74, 6) is 0. The number of hydrogen-bond donors (Lipinski definition) is 2. The molecule has 8 heteroatoms. The van der Waals surface area contributed by atoms with Gasteiger partial charge in [0, 0.05) is 50.4 Å². The van der Waals surface area contributed by atoms with Crippen LogP contribution in [0.3, 0.4) is 0 Å². The van der Waals surface area contributed by atoms with Crippen molar-refractivity contribution in [3.63, 3.8) is 0 Å². The topological polar surface area (TPSA) is 69.8 Å². The molecule has 0 amide bonds. The quantitative estimate of drug-likeness (QED) is 0.589. The summed E-state index contributed by atoms with van der Waals surface area (Å²) in [6, 6.07) is 8.12. The normalized spacial score (nSPS) is 19.3. The van der Waals surface area contributed by atoms with Crippen LogP contribution in [-0.4, -0.2) is 78.5 Å². The monoisotopic (exact) mass is 458 g/mol. The average Bonchev–Trinajstić information content (AvgIpc) is 3.32. The van der Waals surface area contributed by atoms with Gasteiger partial charge in [-0.1, -0.05) is 12.1 Å². The lowest BCUT2D eigenvalue weighted by atomic mass is 10.1. The summed E-state index contributed by atoms with van der Waals surface area (Å²) in [4.78, 5) is 20.4. The van der Waals surface area contributed by atoms with E-state index >= 15 is 0 Å². The molecule has 32 heavy (non-hydrogen) atoms. The van der Waals surface area contributed by atoms with E-state index in [-0.39, 0.29) is 11.7 Å². The van der Waals surface area contributed by atoms with Gasteiger partial charge >= 0.3 is 0 Å². The fraction of sp³-hybridized carbons (Fsp3) is 0.583. The van der Waals surface area contributed by atoms with Gasteiger partial charge in [-0.15, -0.1) is 0 Å². The first-order valence-corrected chi connectivity index (χ1v) is 12.1. The first-order valence-electron chi connectivity index (χ1n) is 11.7. The predicted molar refractivity (Wildman–Crippen MR) is 131 cm³/mol. The van der Waals surface area contributed by atoms with Gasteiger partial charge in [0.05, 0.1) is 25.9 Å². The molecule has 174 valence electrons. The number of aryl methyl sites for hydroxylation is 1. The first-order chi connectivity index (χ1) is 15.6. The number of pyridine rings is 1. The third kappa shape index (κ3) is 6.28. The maximum absolute atomic E-state index is 12.8. The van der Waals surface area contributed by atoms with Gasteiger partial charge in [-0.25, -0.2) is 0 Å². The van der Waals surface area contributed by atoms with Crippen molar-refractivity contribution in [2.45, 2.75) is 38.8 Å². The number of ether oxygens (including phenoxy) is 2. The molecule has 1 aromatic heterocycles. The van der Waals surface area contributed by atoms with E-state index < -0.39 is 0 Å². The number of aromatic amines is 1. The summed E-state index contributed by atoms with van der Waals surface area (Å²) in [5, 5.41) is 5.11. The van der Waals surface area contributed by atoms with Crippen molar-refractivity contribution in [1.29, 1.82) is 0 Å². The van der Waals surface area contributed by atoms with Crippen LogP contribution in [0, 0.1) is 6.92 Å². The third-order valence-corrected chi connectivity index (χ3v) is 6.64. The van der Waals surface area contributed by atoms with Gasteiger partial charge in [0.1, 0.15) is 0 Å². The highest BCUT2D eigenvalue weighted by atomic mass is 32.1. The van der Waals surface area contributed by atoms with Gasteiger partial charge < -0.3 is 24.7 Å². The Morgan fingerprint density at radius 3 is 2.91 bits per heavy atom. The van der Waals surface area contributed by atoms with Crippen LogP contribution in [-0.2, 0) is 16.0 Å². The summed E-state index contributed by atoms with van der Waals surface area (Å²) in [7, 11) is 0. The van der Waals surface area contributed by atoms with Crippen molar-refractivity contribution in [2.75, 3.05) is 52.5 Å². The van der Waals surface area contributed by atoms with Crippen molar-refractivity contribution < 1.29 is 9.47 Å². The minimum Gasteiger partial charge on any atom is -0.379 e. The first kappa shape index (κ1) is 23.2. The fourth-order valence-electron chi connectivity index (χ4n) is 4.36. The predicted octanol–water partition coefficient (Wildman–Crippen LogP) is 2.41. The number of aromatic nitrogens is 1.